The molecule has 1 aliphatic heterocycles. The van der Waals surface area contributed by atoms with Crippen LogP contribution < -0.4 is 0 Å². The molecule has 0 bridgehead atoms. The second kappa shape index (κ2) is 6.48. The molecule has 23 heavy (non-hydrogen) atoms. The van der Waals surface area contributed by atoms with E-state index in [1.54, 1.807) is 12.1 Å². The van der Waals surface area contributed by atoms with Crippen molar-refractivity contribution in [2.75, 3.05) is 13.1 Å². The molecule has 5 heteroatoms. The minimum Gasteiger partial charge on any atom is -0.207 e. The van der Waals surface area contributed by atoms with Crippen molar-refractivity contribution in [3.63, 3.8) is 0 Å². The number of rotatable bonds is 3. The predicted octanol–water partition coefficient (Wildman–Crippen LogP) is 4.13. The lowest BCUT2D eigenvalue weighted by Crippen LogP contribution is -2.34. The van der Waals surface area contributed by atoms with Crippen LogP contribution in [0.1, 0.15) is 17.5 Å². The van der Waals surface area contributed by atoms with Gasteiger partial charge in [-0.25, -0.2) is 8.42 Å². The van der Waals surface area contributed by atoms with E-state index in [0.29, 0.717) is 24.5 Å². The van der Waals surface area contributed by atoms with E-state index in [1.807, 2.05) is 31.2 Å². The molecule has 0 spiro atoms. The van der Waals surface area contributed by atoms with Crippen LogP contribution in [0.5, 0.6) is 0 Å². The van der Waals surface area contributed by atoms with Gasteiger partial charge in [0.1, 0.15) is 0 Å². The average molecular weight is 348 g/mol. The van der Waals surface area contributed by atoms with Crippen molar-refractivity contribution in [3.8, 4) is 0 Å². The molecule has 0 saturated carbocycles. The van der Waals surface area contributed by atoms with Gasteiger partial charge < -0.3 is 0 Å². The molecule has 0 amide bonds. The number of benzene rings is 2. The maximum atomic E-state index is 12.7. The molecule has 0 radical (unpaired) electrons. The lowest BCUT2D eigenvalue weighted by atomic mass is 10.0. The summed E-state index contributed by atoms with van der Waals surface area (Å²) < 4.78 is 27.0. The molecule has 2 aromatic carbocycles. The van der Waals surface area contributed by atoms with Gasteiger partial charge in [0, 0.05) is 18.1 Å². The third-order valence-electron chi connectivity index (χ3n) is 4.10. The van der Waals surface area contributed by atoms with Crippen molar-refractivity contribution in [2.45, 2.75) is 18.2 Å². The van der Waals surface area contributed by atoms with E-state index in [-0.39, 0.29) is 4.90 Å². The largest absolute Gasteiger partial charge is 0.243 e. The number of nitrogens with zero attached hydrogens (tertiary/aromatic N) is 1. The number of halogens is 1. The molecule has 0 fully saturated rings. The lowest BCUT2D eigenvalue weighted by Gasteiger charge is -2.26. The van der Waals surface area contributed by atoms with Crippen LogP contribution in [0.3, 0.4) is 0 Å². The van der Waals surface area contributed by atoms with E-state index in [4.69, 9.17) is 11.6 Å². The molecule has 3 rings (SSSR count). The second-order valence-electron chi connectivity index (χ2n) is 5.62. The smallest absolute Gasteiger partial charge is 0.207 e. The highest BCUT2D eigenvalue weighted by Gasteiger charge is 2.26. The zero-order valence-electron chi connectivity index (χ0n) is 12.9. The molecule has 1 heterocycles. The van der Waals surface area contributed by atoms with Crippen LogP contribution in [-0.4, -0.2) is 25.8 Å². The zero-order chi connectivity index (χ0) is 16.4. The third-order valence-corrected chi connectivity index (χ3v) is 6.37. The monoisotopic (exact) mass is 347 g/mol. The summed E-state index contributed by atoms with van der Waals surface area (Å²) in [5, 5.41) is 0.476. The van der Waals surface area contributed by atoms with E-state index in [1.165, 1.54) is 15.9 Å². The van der Waals surface area contributed by atoms with Crippen LogP contribution in [0, 0.1) is 6.92 Å². The molecule has 2 aromatic rings. The summed E-state index contributed by atoms with van der Waals surface area (Å²) in [5.41, 5.74) is 3.22. The zero-order valence-corrected chi connectivity index (χ0v) is 14.4. The topological polar surface area (TPSA) is 37.4 Å². The Balaban J connectivity index is 1.83. The summed E-state index contributed by atoms with van der Waals surface area (Å²) >= 11 is 6.07. The molecule has 0 unspecified atom stereocenters. The molecule has 0 saturated heterocycles. The van der Waals surface area contributed by atoms with Gasteiger partial charge in [-0.2, -0.15) is 4.31 Å². The van der Waals surface area contributed by atoms with E-state index >= 15 is 0 Å². The Bertz CT molecular complexity index is 845. The van der Waals surface area contributed by atoms with Gasteiger partial charge >= 0.3 is 0 Å². The predicted molar refractivity (Wildman–Crippen MR) is 94.0 cm³/mol. The Morgan fingerprint density at radius 2 is 1.83 bits per heavy atom. The Labute approximate surface area is 142 Å². The number of sulfonamides is 1. The first-order valence-electron chi connectivity index (χ1n) is 7.49. The second-order valence-corrected chi connectivity index (χ2v) is 7.96. The van der Waals surface area contributed by atoms with Crippen molar-refractivity contribution in [2.24, 2.45) is 0 Å². The van der Waals surface area contributed by atoms with Crippen LogP contribution in [0.4, 0.5) is 0 Å². The number of hydrogen-bond donors (Lipinski definition) is 0. The minimum atomic E-state index is -3.50. The summed E-state index contributed by atoms with van der Waals surface area (Å²) in [6, 6.07) is 15.0. The van der Waals surface area contributed by atoms with Gasteiger partial charge in [0.2, 0.25) is 10.0 Å². The molecule has 120 valence electrons. The SMILES string of the molecule is Cc1ccc(S(=O)(=O)N2CC=C(c3ccccc3)CC2)cc1Cl. The standard InChI is InChI=1S/C18H18ClNO2S/c1-14-7-8-17(13-18(14)19)23(21,22)20-11-9-16(10-12-20)15-5-3-2-4-6-15/h2-9,13H,10-12H2,1H3. The van der Waals surface area contributed by atoms with Crippen LogP contribution in [0.15, 0.2) is 59.5 Å². The van der Waals surface area contributed by atoms with Crippen molar-refractivity contribution in [1.29, 1.82) is 0 Å². The van der Waals surface area contributed by atoms with Gasteiger partial charge in [-0.1, -0.05) is 54.1 Å². The fraction of sp³-hybridized carbons (Fsp3) is 0.222. The van der Waals surface area contributed by atoms with Gasteiger partial charge in [0.05, 0.1) is 4.90 Å². The summed E-state index contributed by atoms with van der Waals surface area (Å²) in [6.07, 6.45) is 2.70. The first-order valence-corrected chi connectivity index (χ1v) is 9.31. The highest BCUT2D eigenvalue weighted by Crippen LogP contribution is 2.27. The van der Waals surface area contributed by atoms with Crippen LogP contribution in [-0.2, 0) is 10.0 Å². The van der Waals surface area contributed by atoms with Gasteiger partial charge in [0.25, 0.3) is 0 Å². The Hall–Kier alpha value is -1.62. The van der Waals surface area contributed by atoms with E-state index in [0.717, 1.165) is 11.1 Å². The fourth-order valence-corrected chi connectivity index (χ4v) is 4.32. The van der Waals surface area contributed by atoms with Crippen LogP contribution in [0.25, 0.3) is 5.57 Å². The van der Waals surface area contributed by atoms with Crippen LogP contribution >= 0.6 is 11.6 Å². The first kappa shape index (κ1) is 16.2. The third kappa shape index (κ3) is 3.34. The first-order chi connectivity index (χ1) is 11.0. The lowest BCUT2D eigenvalue weighted by molar-refractivity contribution is 0.441. The summed E-state index contributed by atoms with van der Waals surface area (Å²) in [5.74, 6) is 0. The van der Waals surface area contributed by atoms with Crippen molar-refractivity contribution in [3.05, 3.63) is 70.8 Å². The van der Waals surface area contributed by atoms with Crippen molar-refractivity contribution in [1.82, 2.24) is 4.31 Å². The number of hydrogen-bond acceptors (Lipinski definition) is 2. The van der Waals surface area contributed by atoms with E-state index in [9.17, 15) is 8.42 Å². The molecule has 0 aliphatic carbocycles. The molecule has 1 aliphatic rings. The maximum Gasteiger partial charge on any atom is 0.243 e. The van der Waals surface area contributed by atoms with E-state index in [2.05, 4.69) is 12.1 Å². The molecular formula is C18H18ClNO2S. The summed E-state index contributed by atoms with van der Waals surface area (Å²) in [6.45, 7) is 2.72. The molecule has 0 N–H and O–H groups in total. The maximum absolute atomic E-state index is 12.7. The van der Waals surface area contributed by atoms with Gasteiger partial charge in [0.15, 0.2) is 0 Å². The Morgan fingerprint density at radius 3 is 2.43 bits per heavy atom. The van der Waals surface area contributed by atoms with Crippen molar-refractivity contribution < 1.29 is 8.42 Å². The molecule has 0 aromatic heterocycles. The fourth-order valence-electron chi connectivity index (χ4n) is 2.67. The van der Waals surface area contributed by atoms with Gasteiger partial charge in [-0.15, -0.1) is 0 Å². The van der Waals surface area contributed by atoms with Gasteiger partial charge in [-0.05, 0) is 42.2 Å². The number of aryl methyl sites for hydroxylation is 1. The highest BCUT2D eigenvalue weighted by atomic mass is 35.5. The average Bonchev–Trinajstić information content (AvgIpc) is 2.58. The molecular weight excluding hydrogens is 330 g/mol. The summed E-state index contributed by atoms with van der Waals surface area (Å²) in [7, 11) is -3.50. The minimum absolute atomic E-state index is 0.254. The normalized spacial score (nSPS) is 16.2. The Kier molecular flexibility index (Phi) is 4.57. The molecule has 0 atom stereocenters. The Morgan fingerprint density at radius 1 is 1.09 bits per heavy atom. The van der Waals surface area contributed by atoms with Gasteiger partial charge in [-0.3, -0.25) is 0 Å². The molecule has 3 nitrogen and oxygen atoms in total. The quantitative estimate of drug-likeness (QED) is 0.837. The van der Waals surface area contributed by atoms with E-state index < -0.39 is 10.0 Å². The highest BCUT2D eigenvalue weighted by molar-refractivity contribution is 7.89. The van der Waals surface area contributed by atoms with Crippen LogP contribution in [0.2, 0.25) is 5.02 Å². The van der Waals surface area contributed by atoms with Crippen molar-refractivity contribution >= 4 is 27.2 Å². The summed E-state index contributed by atoms with van der Waals surface area (Å²) in [4.78, 5) is 0.254.